The van der Waals surface area contributed by atoms with Crippen LogP contribution in [0.2, 0.25) is 0 Å². The quantitative estimate of drug-likeness (QED) is 0.860. The van der Waals surface area contributed by atoms with E-state index in [9.17, 15) is 9.18 Å². The number of nitrogens with zero attached hydrogens (tertiary/aromatic N) is 5. The van der Waals surface area contributed by atoms with Gasteiger partial charge < -0.3 is 20.0 Å². The number of carbonyl (C=O) groups excluding carboxylic acids is 1. The van der Waals surface area contributed by atoms with Crippen molar-refractivity contribution in [2.75, 3.05) is 54.4 Å². The van der Waals surface area contributed by atoms with Crippen LogP contribution in [0.1, 0.15) is 24.8 Å². The Bertz CT molecular complexity index is 845. The van der Waals surface area contributed by atoms with Gasteiger partial charge in [-0.25, -0.2) is 9.18 Å². The van der Waals surface area contributed by atoms with Crippen LogP contribution in [-0.4, -0.2) is 60.4 Å². The van der Waals surface area contributed by atoms with Crippen molar-refractivity contribution < 1.29 is 9.18 Å². The van der Waals surface area contributed by atoms with E-state index in [1.165, 1.54) is 25.3 Å². The number of carbonyl (C=O) groups is 1. The molecule has 0 aliphatic carbocycles. The minimum atomic E-state index is -0.320. The van der Waals surface area contributed by atoms with Gasteiger partial charge in [-0.05, 0) is 56.0 Å². The lowest BCUT2D eigenvalue weighted by Crippen LogP contribution is -2.50. The van der Waals surface area contributed by atoms with E-state index in [0.29, 0.717) is 37.4 Å². The van der Waals surface area contributed by atoms with Crippen molar-refractivity contribution in [3.63, 3.8) is 0 Å². The number of halogens is 1. The van der Waals surface area contributed by atoms with Gasteiger partial charge in [-0.3, -0.25) is 0 Å². The molecule has 0 bridgehead atoms. The lowest BCUT2D eigenvalue weighted by atomic mass is 10.1. The molecule has 2 aliphatic heterocycles. The van der Waals surface area contributed by atoms with E-state index >= 15 is 0 Å². The maximum atomic E-state index is 13.7. The van der Waals surface area contributed by atoms with E-state index in [1.54, 1.807) is 24.0 Å². The number of urea groups is 1. The fourth-order valence-corrected chi connectivity index (χ4v) is 3.79. The van der Waals surface area contributed by atoms with Crippen LogP contribution < -0.4 is 15.1 Å². The monoisotopic (exact) mass is 398 g/mol. The molecule has 2 aromatic rings. The van der Waals surface area contributed by atoms with Crippen LogP contribution in [0.5, 0.6) is 0 Å². The van der Waals surface area contributed by atoms with Gasteiger partial charge in [0.15, 0.2) is 11.6 Å². The van der Waals surface area contributed by atoms with Crippen LogP contribution in [0.15, 0.2) is 30.3 Å². The van der Waals surface area contributed by atoms with Gasteiger partial charge in [0.2, 0.25) is 0 Å². The molecule has 154 valence electrons. The van der Waals surface area contributed by atoms with Crippen molar-refractivity contribution in [1.29, 1.82) is 0 Å². The molecule has 2 fully saturated rings. The number of piperidine rings is 1. The van der Waals surface area contributed by atoms with Gasteiger partial charge in [0.1, 0.15) is 5.82 Å². The van der Waals surface area contributed by atoms with Crippen molar-refractivity contribution in [3.8, 4) is 0 Å². The molecule has 1 N–H and O–H groups in total. The summed E-state index contributed by atoms with van der Waals surface area (Å²) >= 11 is 0. The number of aromatic nitrogens is 2. The Morgan fingerprint density at radius 3 is 2.10 bits per heavy atom. The molecule has 8 heteroatoms. The average molecular weight is 398 g/mol. The zero-order valence-corrected chi connectivity index (χ0v) is 16.8. The molecule has 7 nitrogen and oxygen atoms in total. The van der Waals surface area contributed by atoms with Gasteiger partial charge in [0.05, 0.1) is 0 Å². The number of amides is 2. The molecule has 2 saturated heterocycles. The highest BCUT2D eigenvalue weighted by molar-refractivity contribution is 5.89. The van der Waals surface area contributed by atoms with Crippen molar-refractivity contribution in [1.82, 2.24) is 15.1 Å². The summed E-state index contributed by atoms with van der Waals surface area (Å²) < 4.78 is 13.7. The minimum Gasteiger partial charge on any atom is -0.355 e. The molecular weight excluding hydrogens is 371 g/mol. The van der Waals surface area contributed by atoms with E-state index in [1.807, 2.05) is 12.1 Å². The van der Waals surface area contributed by atoms with E-state index in [-0.39, 0.29) is 11.8 Å². The second-order valence-corrected chi connectivity index (χ2v) is 7.67. The molecule has 0 radical (unpaired) electrons. The summed E-state index contributed by atoms with van der Waals surface area (Å²) in [4.78, 5) is 18.6. The molecule has 0 unspecified atom stereocenters. The number of anilines is 3. The minimum absolute atomic E-state index is 0.209. The zero-order valence-electron chi connectivity index (χ0n) is 16.8. The van der Waals surface area contributed by atoms with Gasteiger partial charge in [-0.2, -0.15) is 0 Å². The molecule has 0 atom stereocenters. The number of rotatable bonds is 3. The molecule has 4 rings (SSSR count). The Hall–Kier alpha value is -2.90. The number of benzene rings is 1. The summed E-state index contributed by atoms with van der Waals surface area (Å²) in [6, 6.07) is 8.57. The van der Waals surface area contributed by atoms with Crippen molar-refractivity contribution in [2.24, 2.45) is 0 Å². The molecule has 2 aliphatic rings. The summed E-state index contributed by atoms with van der Waals surface area (Å²) in [6.45, 7) is 6.33. The summed E-state index contributed by atoms with van der Waals surface area (Å²) in [5, 5.41) is 11.6. The molecule has 0 saturated carbocycles. The molecule has 1 aromatic heterocycles. The van der Waals surface area contributed by atoms with Crippen LogP contribution in [0.4, 0.5) is 26.5 Å². The van der Waals surface area contributed by atoms with Gasteiger partial charge in [-0.15, -0.1) is 10.2 Å². The number of aryl methyl sites for hydroxylation is 1. The second kappa shape index (κ2) is 8.63. The maximum absolute atomic E-state index is 13.7. The van der Waals surface area contributed by atoms with Crippen LogP contribution >= 0.6 is 0 Å². The first-order chi connectivity index (χ1) is 14.1. The Balaban J connectivity index is 1.30. The number of hydrogen-bond acceptors (Lipinski definition) is 5. The first-order valence-corrected chi connectivity index (χ1v) is 10.3. The van der Waals surface area contributed by atoms with E-state index in [2.05, 4.69) is 25.3 Å². The van der Waals surface area contributed by atoms with Gasteiger partial charge in [0.25, 0.3) is 0 Å². The Morgan fingerprint density at radius 2 is 1.52 bits per heavy atom. The number of piperazine rings is 1. The summed E-state index contributed by atoms with van der Waals surface area (Å²) in [5.41, 5.74) is 1.03. The van der Waals surface area contributed by atoms with Gasteiger partial charge in [0, 0.05) is 45.0 Å². The summed E-state index contributed by atoms with van der Waals surface area (Å²) in [6.07, 6.45) is 3.71. The Morgan fingerprint density at radius 1 is 0.897 bits per heavy atom. The third-order valence-corrected chi connectivity index (χ3v) is 5.63. The third kappa shape index (κ3) is 4.58. The second-order valence-electron chi connectivity index (χ2n) is 7.67. The number of hydrogen-bond donors (Lipinski definition) is 1. The highest BCUT2D eigenvalue weighted by Crippen LogP contribution is 2.20. The largest absolute Gasteiger partial charge is 0.355 e. The Labute approximate surface area is 170 Å². The molecule has 1 aromatic carbocycles. The van der Waals surface area contributed by atoms with Crippen LogP contribution in [-0.2, 0) is 0 Å². The van der Waals surface area contributed by atoms with Crippen molar-refractivity contribution in [2.45, 2.75) is 26.2 Å². The lowest BCUT2D eigenvalue weighted by molar-refractivity contribution is 0.208. The highest BCUT2D eigenvalue weighted by atomic mass is 19.1. The predicted molar refractivity (Wildman–Crippen MR) is 112 cm³/mol. The molecule has 2 amide bonds. The summed E-state index contributed by atoms with van der Waals surface area (Å²) in [5.74, 6) is 1.46. The predicted octanol–water partition coefficient (Wildman–Crippen LogP) is 3.27. The summed E-state index contributed by atoms with van der Waals surface area (Å²) in [7, 11) is 0. The maximum Gasteiger partial charge on any atom is 0.321 e. The first kappa shape index (κ1) is 19.4. The van der Waals surface area contributed by atoms with Crippen molar-refractivity contribution >= 4 is 23.4 Å². The van der Waals surface area contributed by atoms with E-state index in [0.717, 1.165) is 24.7 Å². The zero-order chi connectivity index (χ0) is 20.2. The highest BCUT2D eigenvalue weighted by Gasteiger charge is 2.23. The standard InChI is InChI=1S/C21H27FN6O/c1-16-5-6-17(15-18(16)22)23-21(29)28-13-11-27(12-14-28)20-8-7-19(24-25-20)26-9-3-2-4-10-26/h5-8,15H,2-4,9-14H2,1H3,(H,23,29). The van der Waals surface area contributed by atoms with Crippen LogP contribution in [0.25, 0.3) is 0 Å². The van der Waals surface area contributed by atoms with E-state index in [4.69, 9.17) is 0 Å². The molecule has 29 heavy (non-hydrogen) atoms. The lowest BCUT2D eigenvalue weighted by Gasteiger charge is -2.35. The fourth-order valence-electron chi connectivity index (χ4n) is 3.79. The first-order valence-electron chi connectivity index (χ1n) is 10.3. The van der Waals surface area contributed by atoms with Gasteiger partial charge >= 0.3 is 6.03 Å². The van der Waals surface area contributed by atoms with Gasteiger partial charge in [-0.1, -0.05) is 6.07 Å². The number of nitrogens with one attached hydrogen (secondary N) is 1. The fraction of sp³-hybridized carbons (Fsp3) is 0.476. The van der Waals surface area contributed by atoms with Crippen LogP contribution in [0, 0.1) is 12.7 Å². The smallest absolute Gasteiger partial charge is 0.321 e. The molecular formula is C21H27FN6O. The molecule has 0 spiro atoms. The van der Waals surface area contributed by atoms with E-state index < -0.39 is 0 Å². The Kier molecular flexibility index (Phi) is 5.78. The van der Waals surface area contributed by atoms with Crippen LogP contribution in [0.3, 0.4) is 0 Å². The third-order valence-electron chi connectivity index (χ3n) is 5.63. The normalized spacial score (nSPS) is 17.4. The van der Waals surface area contributed by atoms with Crippen molar-refractivity contribution in [3.05, 3.63) is 41.7 Å². The molecule has 3 heterocycles. The topological polar surface area (TPSA) is 64.6 Å². The SMILES string of the molecule is Cc1ccc(NC(=O)N2CCN(c3ccc(N4CCCCC4)nn3)CC2)cc1F. The average Bonchev–Trinajstić information content (AvgIpc) is 2.77.